The van der Waals surface area contributed by atoms with E-state index >= 15 is 0 Å². The van der Waals surface area contributed by atoms with Crippen LogP contribution >= 0.6 is 0 Å². The van der Waals surface area contributed by atoms with Gasteiger partial charge >= 0.3 is 5.97 Å². The lowest BCUT2D eigenvalue weighted by molar-refractivity contribution is -0.143. The minimum Gasteiger partial charge on any atom is -0.481 e. The van der Waals surface area contributed by atoms with Crippen LogP contribution in [-0.2, 0) is 4.79 Å². The van der Waals surface area contributed by atoms with Crippen LogP contribution in [0, 0.1) is 11.8 Å². The molecule has 2 rings (SSSR count). The molecule has 1 atom stereocenters. The van der Waals surface area contributed by atoms with E-state index < -0.39 is 5.97 Å². The van der Waals surface area contributed by atoms with E-state index in [0.29, 0.717) is 5.92 Å². The van der Waals surface area contributed by atoms with Crippen LogP contribution in [0.4, 0.5) is 0 Å². The maximum atomic E-state index is 10.9. The predicted molar refractivity (Wildman–Crippen MR) is 69.1 cm³/mol. The van der Waals surface area contributed by atoms with E-state index in [4.69, 9.17) is 5.11 Å². The third kappa shape index (κ3) is 2.88. The van der Waals surface area contributed by atoms with Gasteiger partial charge in [-0.3, -0.25) is 9.78 Å². The summed E-state index contributed by atoms with van der Waals surface area (Å²) in [5.41, 5.74) is 1.05. The summed E-state index contributed by atoms with van der Waals surface area (Å²) in [6.45, 7) is 0. The van der Waals surface area contributed by atoms with Crippen molar-refractivity contribution in [3.8, 4) is 0 Å². The van der Waals surface area contributed by atoms with Gasteiger partial charge in [0.25, 0.3) is 0 Å². The number of rotatable bonds is 4. The van der Waals surface area contributed by atoms with Crippen LogP contribution in [0.3, 0.4) is 0 Å². The number of carboxylic acids is 1. The topological polar surface area (TPSA) is 62.2 Å². The Balaban J connectivity index is 2.01. The molecule has 2 N–H and O–H groups in total. The SMILES string of the molecule is CNC(c1ccccn1)C1CCC(C(=O)O)CC1. The molecule has 0 bridgehead atoms. The number of carboxylic acid groups (broad SMARTS) is 1. The molecule has 1 aliphatic carbocycles. The smallest absolute Gasteiger partial charge is 0.306 e. The van der Waals surface area contributed by atoms with Crippen LogP contribution in [0.25, 0.3) is 0 Å². The van der Waals surface area contributed by atoms with E-state index in [1.165, 1.54) is 0 Å². The van der Waals surface area contributed by atoms with Gasteiger partial charge in [-0.25, -0.2) is 0 Å². The van der Waals surface area contributed by atoms with Gasteiger partial charge in [-0.2, -0.15) is 0 Å². The third-order valence-corrected chi connectivity index (χ3v) is 3.91. The molecule has 1 aliphatic rings. The van der Waals surface area contributed by atoms with Crippen molar-refractivity contribution in [1.82, 2.24) is 10.3 Å². The summed E-state index contributed by atoms with van der Waals surface area (Å²) in [7, 11) is 1.95. The van der Waals surface area contributed by atoms with Crippen molar-refractivity contribution in [2.45, 2.75) is 31.7 Å². The second-order valence-corrected chi connectivity index (χ2v) is 4.97. The summed E-state index contributed by atoms with van der Waals surface area (Å²) in [5, 5.41) is 12.3. The lowest BCUT2D eigenvalue weighted by Crippen LogP contribution is -2.31. The molecule has 0 amide bonds. The Hall–Kier alpha value is -1.42. The number of pyridine rings is 1. The Morgan fingerprint density at radius 1 is 1.39 bits per heavy atom. The van der Waals surface area contributed by atoms with Crippen LogP contribution in [0.5, 0.6) is 0 Å². The average Bonchev–Trinajstić information content (AvgIpc) is 2.41. The highest BCUT2D eigenvalue weighted by molar-refractivity contribution is 5.70. The molecular weight excluding hydrogens is 228 g/mol. The molecule has 18 heavy (non-hydrogen) atoms. The molecule has 1 fully saturated rings. The summed E-state index contributed by atoms with van der Waals surface area (Å²) in [4.78, 5) is 15.3. The average molecular weight is 248 g/mol. The highest BCUT2D eigenvalue weighted by atomic mass is 16.4. The summed E-state index contributed by atoms with van der Waals surface area (Å²) < 4.78 is 0. The van der Waals surface area contributed by atoms with Gasteiger partial charge in [-0.1, -0.05) is 6.07 Å². The van der Waals surface area contributed by atoms with E-state index in [-0.39, 0.29) is 12.0 Å². The molecule has 4 heteroatoms. The Labute approximate surface area is 107 Å². The fourth-order valence-corrected chi connectivity index (χ4v) is 2.88. The number of hydrogen-bond acceptors (Lipinski definition) is 3. The molecule has 0 spiro atoms. The van der Waals surface area contributed by atoms with Crippen LogP contribution in [-0.4, -0.2) is 23.1 Å². The largest absolute Gasteiger partial charge is 0.481 e. The van der Waals surface area contributed by atoms with Gasteiger partial charge in [0.15, 0.2) is 0 Å². The number of hydrogen-bond donors (Lipinski definition) is 2. The van der Waals surface area contributed by atoms with E-state index in [1.54, 1.807) is 0 Å². The standard InChI is InChI=1S/C14H20N2O2/c1-15-13(12-4-2-3-9-16-12)10-5-7-11(8-6-10)14(17)18/h2-4,9-11,13,15H,5-8H2,1H3,(H,17,18). The quantitative estimate of drug-likeness (QED) is 0.857. The lowest BCUT2D eigenvalue weighted by Gasteiger charge is -2.32. The normalized spacial score (nSPS) is 25.6. The van der Waals surface area contributed by atoms with Gasteiger partial charge in [0, 0.05) is 6.20 Å². The van der Waals surface area contributed by atoms with Crippen molar-refractivity contribution in [3.63, 3.8) is 0 Å². The van der Waals surface area contributed by atoms with Crippen molar-refractivity contribution < 1.29 is 9.90 Å². The van der Waals surface area contributed by atoms with Gasteiger partial charge in [-0.05, 0) is 50.8 Å². The van der Waals surface area contributed by atoms with Crippen molar-refractivity contribution in [2.24, 2.45) is 11.8 Å². The van der Waals surface area contributed by atoms with Crippen molar-refractivity contribution in [3.05, 3.63) is 30.1 Å². The molecule has 98 valence electrons. The van der Waals surface area contributed by atoms with Crippen LogP contribution in [0.2, 0.25) is 0 Å². The molecule has 1 heterocycles. The highest BCUT2D eigenvalue weighted by Gasteiger charge is 2.31. The Kier molecular flexibility index (Phi) is 4.31. The van der Waals surface area contributed by atoms with Crippen molar-refractivity contribution in [1.29, 1.82) is 0 Å². The van der Waals surface area contributed by atoms with Gasteiger partial charge in [0.2, 0.25) is 0 Å². The Morgan fingerprint density at radius 3 is 2.61 bits per heavy atom. The van der Waals surface area contributed by atoms with E-state index in [0.717, 1.165) is 31.4 Å². The maximum Gasteiger partial charge on any atom is 0.306 e. The summed E-state index contributed by atoms with van der Waals surface area (Å²) >= 11 is 0. The zero-order chi connectivity index (χ0) is 13.0. The molecule has 0 aromatic carbocycles. The molecule has 4 nitrogen and oxygen atoms in total. The van der Waals surface area contributed by atoms with Crippen molar-refractivity contribution >= 4 is 5.97 Å². The molecule has 1 aromatic heterocycles. The van der Waals surface area contributed by atoms with Crippen molar-refractivity contribution in [2.75, 3.05) is 7.05 Å². The summed E-state index contributed by atoms with van der Waals surface area (Å²) in [6, 6.07) is 6.18. The predicted octanol–water partition coefficient (Wildman–Crippen LogP) is 2.23. The molecule has 0 radical (unpaired) electrons. The molecule has 1 unspecified atom stereocenters. The molecule has 0 saturated heterocycles. The second kappa shape index (κ2) is 5.96. The first kappa shape index (κ1) is 13.0. The van der Waals surface area contributed by atoms with Gasteiger partial charge in [-0.15, -0.1) is 0 Å². The number of aromatic nitrogens is 1. The molecular formula is C14H20N2O2. The lowest BCUT2D eigenvalue weighted by atomic mass is 9.77. The van der Waals surface area contributed by atoms with Gasteiger partial charge in [0.05, 0.1) is 17.7 Å². The van der Waals surface area contributed by atoms with Crippen LogP contribution in [0.1, 0.15) is 37.4 Å². The third-order valence-electron chi connectivity index (χ3n) is 3.91. The van der Waals surface area contributed by atoms with E-state index in [9.17, 15) is 4.79 Å². The highest BCUT2D eigenvalue weighted by Crippen LogP contribution is 2.36. The van der Waals surface area contributed by atoms with E-state index in [1.807, 2.05) is 31.4 Å². The van der Waals surface area contributed by atoms with Gasteiger partial charge < -0.3 is 10.4 Å². The van der Waals surface area contributed by atoms with Crippen LogP contribution < -0.4 is 5.32 Å². The fraction of sp³-hybridized carbons (Fsp3) is 0.571. The minimum atomic E-state index is -0.646. The first-order valence-electron chi connectivity index (χ1n) is 6.53. The maximum absolute atomic E-state index is 10.9. The molecule has 1 aromatic rings. The molecule has 1 saturated carbocycles. The zero-order valence-electron chi connectivity index (χ0n) is 10.7. The Morgan fingerprint density at radius 2 is 2.11 bits per heavy atom. The summed E-state index contributed by atoms with van der Waals surface area (Å²) in [5.74, 6) is -0.310. The van der Waals surface area contributed by atoms with E-state index in [2.05, 4.69) is 10.3 Å². The fourth-order valence-electron chi connectivity index (χ4n) is 2.88. The second-order valence-electron chi connectivity index (χ2n) is 4.97. The molecule has 0 aliphatic heterocycles. The summed E-state index contributed by atoms with van der Waals surface area (Å²) in [6.07, 6.45) is 5.29. The van der Waals surface area contributed by atoms with Gasteiger partial charge in [0.1, 0.15) is 0 Å². The monoisotopic (exact) mass is 248 g/mol. The zero-order valence-corrected chi connectivity index (χ0v) is 10.7. The number of nitrogens with one attached hydrogen (secondary N) is 1. The van der Waals surface area contributed by atoms with Crippen LogP contribution in [0.15, 0.2) is 24.4 Å². The number of carbonyl (C=O) groups is 1. The first-order chi connectivity index (χ1) is 8.72. The minimum absolute atomic E-state index is 0.150. The Bertz CT molecular complexity index is 386. The number of nitrogens with zero attached hydrogens (tertiary/aromatic N) is 1. The first-order valence-corrected chi connectivity index (χ1v) is 6.53. The number of aliphatic carboxylic acids is 1.